The quantitative estimate of drug-likeness (QED) is 0.180. The number of fused-ring (bicyclic) bond motifs is 1. The summed E-state index contributed by atoms with van der Waals surface area (Å²) >= 11 is 1.82. The number of thiazole rings is 1. The maximum Gasteiger partial charge on any atom is 0.184 e. The van der Waals surface area contributed by atoms with Crippen molar-refractivity contribution in [1.82, 2.24) is 4.57 Å². The Balaban J connectivity index is 0.00000280. The van der Waals surface area contributed by atoms with Crippen LogP contribution in [0.15, 0.2) is 114 Å². The third-order valence-corrected chi connectivity index (χ3v) is 8.66. The molecule has 0 aliphatic heterocycles. The van der Waals surface area contributed by atoms with Crippen molar-refractivity contribution in [2.45, 2.75) is 44.1 Å². The Morgan fingerprint density at radius 1 is 0.730 bits per heavy atom. The summed E-state index contributed by atoms with van der Waals surface area (Å²) in [6, 6.07) is 37.4. The van der Waals surface area contributed by atoms with E-state index in [4.69, 9.17) is 4.99 Å². The van der Waals surface area contributed by atoms with Crippen molar-refractivity contribution in [2.24, 2.45) is 4.99 Å². The number of rotatable bonds is 8. The van der Waals surface area contributed by atoms with Crippen LogP contribution in [-0.2, 0) is 24.8 Å². The van der Waals surface area contributed by atoms with E-state index >= 15 is 0 Å². The van der Waals surface area contributed by atoms with Gasteiger partial charge in [-0.25, -0.2) is 0 Å². The second kappa shape index (κ2) is 11.6. The number of aromatic nitrogens is 1. The molecule has 2 nitrogen and oxygen atoms in total. The number of aryl methyl sites for hydroxylation is 1. The molecule has 0 amide bonds. The Morgan fingerprint density at radius 3 is 2.05 bits per heavy atom. The van der Waals surface area contributed by atoms with Crippen LogP contribution in [0.25, 0.3) is 10.8 Å². The number of nitrogens with zero attached hydrogens (tertiary/aromatic N) is 2. The lowest BCUT2D eigenvalue weighted by molar-refractivity contribution is 0.282. The summed E-state index contributed by atoms with van der Waals surface area (Å²) in [5, 5.41) is 5.05. The molecule has 0 saturated heterocycles. The summed E-state index contributed by atoms with van der Waals surface area (Å²) in [5.74, 6) is 0. The van der Waals surface area contributed by atoms with Gasteiger partial charge in [0.2, 0.25) is 0 Å². The first-order valence-corrected chi connectivity index (χ1v) is 14.0. The second-order valence-electron chi connectivity index (χ2n) is 9.91. The van der Waals surface area contributed by atoms with E-state index in [9.17, 15) is 0 Å². The maximum atomic E-state index is 5.13. The summed E-state index contributed by atoms with van der Waals surface area (Å²) in [6.07, 6.45) is 5.68. The molecule has 5 aromatic rings. The van der Waals surface area contributed by atoms with E-state index in [1.54, 1.807) is 0 Å². The number of hydrogen-bond acceptors (Lipinski definition) is 2. The molecule has 0 N–H and O–H groups in total. The van der Waals surface area contributed by atoms with Crippen molar-refractivity contribution >= 4 is 39.1 Å². The topological polar surface area (TPSA) is 17.3 Å². The number of benzene rings is 4. The zero-order valence-corrected chi connectivity index (χ0v) is 23.6. The van der Waals surface area contributed by atoms with Gasteiger partial charge in [0, 0.05) is 29.6 Å². The van der Waals surface area contributed by atoms with Gasteiger partial charge in [-0.05, 0) is 53.1 Å². The second-order valence-corrected chi connectivity index (χ2v) is 10.7. The molecule has 1 aromatic heterocycles. The highest BCUT2D eigenvalue weighted by molar-refractivity contribution is 8.93. The monoisotopic (exact) mass is 568 g/mol. The van der Waals surface area contributed by atoms with Gasteiger partial charge in [0.25, 0.3) is 0 Å². The molecule has 188 valence electrons. The highest BCUT2D eigenvalue weighted by Crippen LogP contribution is 2.49. The van der Waals surface area contributed by atoms with Gasteiger partial charge in [-0.3, -0.25) is 4.99 Å². The molecule has 1 heterocycles. The first-order chi connectivity index (χ1) is 17.8. The summed E-state index contributed by atoms with van der Waals surface area (Å²) in [7, 11) is 0. The molecule has 0 unspecified atom stereocenters. The molecule has 6 rings (SSSR count). The Bertz CT molecular complexity index is 1510. The number of halogens is 1. The van der Waals surface area contributed by atoms with Gasteiger partial charge < -0.3 is 4.57 Å². The Hall–Kier alpha value is -2.95. The summed E-state index contributed by atoms with van der Waals surface area (Å²) in [4.78, 5) is 6.29. The van der Waals surface area contributed by atoms with Crippen LogP contribution in [-0.4, -0.2) is 11.1 Å². The van der Waals surface area contributed by atoms with Crippen LogP contribution in [0, 0.1) is 0 Å². The molecule has 4 heteroatoms. The molecule has 0 spiro atoms. The smallest absolute Gasteiger partial charge is 0.184 e. The lowest BCUT2D eigenvalue weighted by Crippen LogP contribution is -2.39. The van der Waals surface area contributed by atoms with Gasteiger partial charge in [0.1, 0.15) is 0 Å². The van der Waals surface area contributed by atoms with Crippen molar-refractivity contribution < 1.29 is 0 Å². The largest absolute Gasteiger partial charge is 0.320 e. The molecular weight excluding hydrogens is 536 g/mol. The van der Waals surface area contributed by atoms with Crippen LogP contribution in [0.1, 0.15) is 41.6 Å². The highest BCUT2D eigenvalue weighted by Gasteiger charge is 2.43. The molecule has 0 bridgehead atoms. The lowest BCUT2D eigenvalue weighted by atomic mass is 9.62. The van der Waals surface area contributed by atoms with E-state index in [1.165, 1.54) is 52.4 Å². The average molecular weight is 570 g/mol. The summed E-state index contributed by atoms with van der Waals surface area (Å²) in [5.41, 5.74) is 5.72. The fraction of sp³-hybridized carbons (Fsp3) is 0.242. The summed E-state index contributed by atoms with van der Waals surface area (Å²) in [6.45, 7) is 1.78. The highest BCUT2D eigenvalue weighted by atomic mass is 79.9. The predicted molar refractivity (Wildman–Crippen MR) is 162 cm³/mol. The van der Waals surface area contributed by atoms with E-state index < -0.39 is 0 Å². The minimum Gasteiger partial charge on any atom is -0.320 e. The van der Waals surface area contributed by atoms with E-state index in [2.05, 4.69) is 113 Å². The molecule has 0 radical (unpaired) electrons. The number of hydrogen-bond donors (Lipinski definition) is 0. The SMILES string of the molecule is Br.c1ccc(CC/N=c2/scc(C3(c4ccc5ccccc5c4)CCC3)n2CCc2ccccc2)cc1. The van der Waals surface area contributed by atoms with E-state index in [1.807, 2.05) is 11.3 Å². The van der Waals surface area contributed by atoms with Crippen LogP contribution in [0.2, 0.25) is 0 Å². The van der Waals surface area contributed by atoms with E-state index in [0.29, 0.717) is 0 Å². The molecular formula is C33H33BrN2S. The third-order valence-electron chi connectivity index (χ3n) is 7.75. The Labute approximate surface area is 234 Å². The minimum atomic E-state index is 0. The van der Waals surface area contributed by atoms with Crippen molar-refractivity contribution in [3.05, 3.63) is 136 Å². The normalized spacial score (nSPS) is 14.8. The summed E-state index contributed by atoms with van der Waals surface area (Å²) < 4.78 is 2.54. The van der Waals surface area contributed by atoms with Crippen molar-refractivity contribution in [3.8, 4) is 0 Å². The van der Waals surface area contributed by atoms with Crippen LogP contribution < -0.4 is 4.80 Å². The van der Waals surface area contributed by atoms with Crippen LogP contribution in [0.4, 0.5) is 0 Å². The van der Waals surface area contributed by atoms with Crippen LogP contribution >= 0.6 is 28.3 Å². The molecule has 0 atom stereocenters. The standard InChI is InChI=1S/C33H32N2S.BrH/c1-3-10-26(11-4-1)18-22-34-32-35(23-19-27-12-5-2-6-13-27)31(25-36-32)33(20-9-21-33)30-17-16-28-14-7-8-15-29(28)24-30;/h1-8,10-17,24-25H,9,18-23H2;1H/b34-32+;. The maximum absolute atomic E-state index is 5.13. The van der Waals surface area contributed by atoms with E-state index in [0.717, 1.165) is 30.7 Å². The average Bonchev–Trinajstić information content (AvgIpc) is 3.30. The first kappa shape index (κ1) is 25.7. The molecule has 1 saturated carbocycles. The minimum absolute atomic E-state index is 0. The van der Waals surface area contributed by atoms with Crippen molar-refractivity contribution in [1.29, 1.82) is 0 Å². The van der Waals surface area contributed by atoms with E-state index in [-0.39, 0.29) is 22.4 Å². The van der Waals surface area contributed by atoms with Gasteiger partial charge in [-0.15, -0.1) is 28.3 Å². The van der Waals surface area contributed by atoms with Gasteiger partial charge in [-0.2, -0.15) is 0 Å². The van der Waals surface area contributed by atoms with Crippen molar-refractivity contribution in [2.75, 3.05) is 6.54 Å². The molecule has 1 fully saturated rings. The zero-order chi connectivity index (χ0) is 24.2. The first-order valence-electron chi connectivity index (χ1n) is 13.1. The predicted octanol–water partition coefficient (Wildman–Crippen LogP) is 8.14. The van der Waals surface area contributed by atoms with Crippen molar-refractivity contribution in [3.63, 3.8) is 0 Å². The zero-order valence-electron chi connectivity index (χ0n) is 21.1. The van der Waals surface area contributed by atoms with Gasteiger partial charge in [-0.1, -0.05) is 110 Å². The van der Waals surface area contributed by atoms with Gasteiger partial charge >= 0.3 is 0 Å². The fourth-order valence-corrected chi connectivity index (χ4v) is 6.62. The Morgan fingerprint density at radius 2 is 1.38 bits per heavy atom. The molecule has 1 aliphatic rings. The van der Waals surface area contributed by atoms with Crippen LogP contribution in [0.5, 0.6) is 0 Å². The molecule has 4 aromatic carbocycles. The fourth-order valence-electron chi connectivity index (χ4n) is 5.57. The lowest BCUT2D eigenvalue weighted by Gasteiger charge is -2.43. The van der Waals surface area contributed by atoms with Gasteiger partial charge in [0.05, 0.1) is 0 Å². The molecule has 1 aliphatic carbocycles. The van der Waals surface area contributed by atoms with Gasteiger partial charge in [0.15, 0.2) is 4.80 Å². The van der Waals surface area contributed by atoms with Crippen LogP contribution in [0.3, 0.4) is 0 Å². The third kappa shape index (κ3) is 5.37. The Kier molecular flexibility index (Phi) is 8.07. The molecule has 37 heavy (non-hydrogen) atoms.